The number of nitrogens with one attached hydrogen (secondary N) is 1. The SMILES string of the molecule is CCn1ncc(Br)c1CN(C)C(=S)NCc1ccco1. The van der Waals surface area contributed by atoms with Crippen LogP contribution in [-0.4, -0.2) is 26.8 Å². The first-order chi connectivity index (χ1) is 9.61. The van der Waals surface area contributed by atoms with Gasteiger partial charge in [-0.2, -0.15) is 5.10 Å². The molecule has 0 aromatic carbocycles. The van der Waals surface area contributed by atoms with Gasteiger partial charge in [0.25, 0.3) is 0 Å². The van der Waals surface area contributed by atoms with Crippen LogP contribution in [0, 0.1) is 0 Å². The monoisotopic (exact) mass is 356 g/mol. The summed E-state index contributed by atoms with van der Waals surface area (Å²) >= 11 is 8.89. The third-order valence-electron chi connectivity index (χ3n) is 2.92. The highest BCUT2D eigenvalue weighted by Gasteiger charge is 2.12. The van der Waals surface area contributed by atoms with Crippen molar-refractivity contribution in [1.29, 1.82) is 0 Å². The van der Waals surface area contributed by atoms with Crippen molar-refractivity contribution in [3.8, 4) is 0 Å². The van der Waals surface area contributed by atoms with Crippen molar-refractivity contribution in [1.82, 2.24) is 20.0 Å². The summed E-state index contributed by atoms with van der Waals surface area (Å²) in [5.74, 6) is 0.862. The Labute approximate surface area is 132 Å². The Hall–Kier alpha value is -1.34. The molecule has 0 aliphatic heterocycles. The second kappa shape index (κ2) is 6.90. The maximum atomic E-state index is 5.37. The van der Waals surface area contributed by atoms with E-state index >= 15 is 0 Å². The summed E-state index contributed by atoms with van der Waals surface area (Å²) < 4.78 is 8.22. The largest absolute Gasteiger partial charge is 0.467 e. The minimum Gasteiger partial charge on any atom is -0.467 e. The van der Waals surface area contributed by atoms with Crippen LogP contribution >= 0.6 is 28.1 Å². The molecule has 0 unspecified atom stereocenters. The van der Waals surface area contributed by atoms with Crippen molar-refractivity contribution in [2.45, 2.75) is 26.6 Å². The molecule has 0 spiro atoms. The van der Waals surface area contributed by atoms with E-state index in [4.69, 9.17) is 16.6 Å². The Balaban J connectivity index is 1.92. The molecule has 0 saturated heterocycles. The molecule has 0 amide bonds. The van der Waals surface area contributed by atoms with Crippen LogP contribution in [0.5, 0.6) is 0 Å². The number of furan rings is 1. The highest BCUT2D eigenvalue weighted by atomic mass is 79.9. The maximum Gasteiger partial charge on any atom is 0.169 e. The second-order valence-electron chi connectivity index (χ2n) is 4.35. The van der Waals surface area contributed by atoms with E-state index in [9.17, 15) is 0 Å². The van der Waals surface area contributed by atoms with Gasteiger partial charge in [0.2, 0.25) is 0 Å². The lowest BCUT2D eigenvalue weighted by Gasteiger charge is -2.21. The molecule has 0 aliphatic carbocycles. The number of rotatable bonds is 5. The van der Waals surface area contributed by atoms with Crippen molar-refractivity contribution in [2.24, 2.45) is 0 Å². The Morgan fingerprint density at radius 1 is 1.60 bits per heavy atom. The van der Waals surface area contributed by atoms with E-state index in [2.05, 4.69) is 33.3 Å². The average molecular weight is 357 g/mol. The molecule has 0 atom stereocenters. The first-order valence-corrected chi connectivity index (χ1v) is 7.53. The molecule has 2 aromatic heterocycles. The summed E-state index contributed by atoms with van der Waals surface area (Å²) in [5, 5.41) is 8.15. The van der Waals surface area contributed by atoms with Crippen molar-refractivity contribution in [3.05, 3.63) is 40.5 Å². The van der Waals surface area contributed by atoms with Gasteiger partial charge in [-0.15, -0.1) is 0 Å². The number of thiocarbonyl (C=S) groups is 1. The second-order valence-corrected chi connectivity index (χ2v) is 5.59. The zero-order chi connectivity index (χ0) is 14.5. The van der Waals surface area contributed by atoms with E-state index in [1.54, 1.807) is 6.26 Å². The van der Waals surface area contributed by atoms with Gasteiger partial charge in [0, 0.05) is 13.6 Å². The van der Waals surface area contributed by atoms with Gasteiger partial charge >= 0.3 is 0 Å². The van der Waals surface area contributed by atoms with Gasteiger partial charge in [-0.25, -0.2) is 0 Å². The fourth-order valence-electron chi connectivity index (χ4n) is 1.82. The summed E-state index contributed by atoms with van der Waals surface area (Å²) in [6, 6.07) is 3.78. The summed E-state index contributed by atoms with van der Waals surface area (Å²) in [7, 11) is 1.96. The molecule has 0 aliphatic rings. The van der Waals surface area contributed by atoms with E-state index in [1.165, 1.54) is 0 Å². The summed E-state index contributed by atoms with van der Waals surface area (Å²) in [4.78, 5) is 1.98. The topological polar surface area (TPSA) is 46.2 Å². The molecule has 0 radical (unpaired) electrons. The molecule has 2 rings (SSSR count). The normalized spacial score (nSPS) is 10.6. The fourth-order valence-corrected chi connectivity index (χ4v) is 2.38. The first-order valence-electron chi connectivity index (χ1n) is 6.33. The van der Waals surface area contributed by atoms with E-state index in [0.29, 0.717) is 18.2 Å². The fraction of sp³-hybridized carbons (Fsp3) is 0.385. The van der Waals surface area contributed by atoms with Crippen LogP contribution in [0.2, 0.25) is 0 Å². The predicted molar refractivity (Wildman–Crippen MR) is 85.2 cm³/mol. The van der Waals surface area contributed by atoms with Gasteiger partial charge < -0.3 is 14.6 Å². The number of nitrogens with zero attached hydrogens (tertiary/aromatic N) is 3. The van der Waals surface area contributed by atoms with Crippen LogP contribution in [0.3, 0.4) is 0 Å². The molecule has 7 heteroatoms. The predicted octanol–water partition coefficient (Wildman–Crippen LogP) is 2.77. The Kier molecular flexibility index (Phi) is 5.19. The Bertz CT molecular complexity index is 567. The lowest BCUT2D eigenvalue weighted by atomic mass is 10.4. The number of aromatic nitrogens is 2. The van der Waals surface area contributed by atoms with Gasteiger partial charge in [0.1, 0.15) is 5.76 Å². The number of hydrogen-bond acceptors (Lipinski definition) is 3. The molecule has 20 heavy (non-hydrogen) atoms. The van der Waals surface area contributed by atoms with Gasteiger partial charge in [-0.05, 0) is 47.2 Å². The van der Waals surface area contributed by atoms with E-state index < -0.39 is 0 Å². The molecule has 2 aromatic rings. The molecule has 108 valence electrons. The van der Waals surface area contributed by atoms with E-state index in [1.807, 2.05) is 35.0 Å². The standard InChI is InChI=1S/C13H17BrN4OS/c1-3-18-12(11(14)8-16-18)9-17(2)13(20)15-7-10-5-4-6-19-10/h4-6,8H,3,7,9H2,1-2H3,(H,15,20). The van der Waals surface area contributed by atoms with Crippen molar-refractivity contribution in [2.75, 3.05) is 7.05 Å². The minimum atomic E-state index is 0.588. The van der Waals surface area contributed by atoms with Gasteiger partial charge in [0.15, 0.2) is 5.11 Å². The molecular formula is C13H17BrN4OS. The number of aryl methyl sites for hydroxylation is 1. The summed E-state index contributed by atoms with van der Waals surface area (Å²) in [6.45, 7) is 4.18. The molecule has 2 heterocycles. The van der Waals surface area contributed by atoms with Crippen LogP contribution in [0.4, 0.5) is 0 Å². The molecule has 0 fully saturated rings. The van der Waals surface area contributed by atoms with Gasteiger partial charge in [-0.1, -0.05) is 0 Å². The van der Waals surface area contributed by atoms with Crippen LogP contribution in [0.15, 0.2) is 33.5 Å². The molecule has 0 saturated carbocycles. The van der Waals surface area contributed by atoms with Crippen LogP contribution in [-0.2, 0) is 19.6 Å². The lowest BCUT2D eigenvalue weighted by molar-refractivity contribution is 0.447. The van der Waals surface area contributed by atoms with E-state index in [0.717, 1.165) is 22.5 Å². The highest BCUT2D eigenvalue weighted by Crippen LogP contribution is 2.17. The van der Waals surface area contributed by atoms with Gasteiger partial charge in [-0.3, -0.25) is 4.68 Å². The Morgan fingerprint density at radius 2 is 2.40 bits per heavy atom. The van der Waals surface area contributed by atoms with Crippen LogP contribution in [0.25, 0.3) is 0 Å². The average Bonchev–Trinajstić information content (AvgIpc) is 3.07. The lowest BCUT2D eigenvalue weighted by Crippen LogP contribution is -2.36. The quantitative estimate of drug-likeness (QED) is 0.834. The van der Waals surface area contributed by atoms with Crippen molar-refractivity contribution >= 4 is 33.3 Å². The first kappa shape index (κ1) is 15.1. The van der Waals surface area contributed by atoms with Gasteiger partial charge in [0.05, 0.1) is 35.7 Å². The maximum absolute atomic E-state index is 5.37. The number of halogens is 1. The van der Waals surface area contributed by atoms with Crippen molar-refractivity contribution in [3.63, 3.8) is 0 Å². The minimum absolute atomic E-state index is 0.588. The molecule has 1 N–H and O–H groups in total. The smallest absolute Gasteiger partial charge is 0.169 e. The van der Waals surface area contributed by atoms with Crippen LogP contribution in [0.1, 0.15) is 18.4 Å². The Morgan fingerprint density at radius 3 is 3.05 bits per heavy atom. The molecular weight excluding hydrogens is 340 g/mol. The number of hydrogen-bond donors (Lipinski definition) is 1. The third kappa shape index (κ3) is 3.61. The highest BCUT2D eigenvalue weighted by molar-refractivity contribution is 9.10. The third-order valence-corrected chi connectivity index (χ3v) is 4.04. The van der Waals surface area contributed by atoms with E-state index in [-0.39, 0.29) is 0 Å². The zero-order valence-electron chi connectivity index (χ0n) is 11.5. The zero-order valence-corrected chi connectivity index (χ0v) is 13.9. The molecule has 5 nitrogen and oxygen atoms in total. The van der Waals surface area contributed by atoms with Crippen LogP contribution < -0.4 is 5.32 Å². The summed E-state index contributed by atoms with van der Waals surface area (Å²) in [6.07, 6.45) is 3.46. The molecule has 0 bridgehead atoms. The summed E-state index contributed by atoms with van der Waals surface area (Å²) in [5.41, 5.74) is 1.11. The van der Waals surface area contributed by atoms with Crippen molar-refractivity contribution < 1.29 is 4.42 Å².